The lowest BCUT2D eigenvalue weighted by atomic mass is 9.89. The van der Waals surface area contributed by atoms with E-state index in [4.69, 9.17) is 0 Å². The Labute approximate surface area is 193 Å². The monoisotopic (exact) mass is 471 g/mol. The van der Waals surface area contributed by atoms with Crippen LogP contribution in [0.15, 0.2) is 47.4 Å². The van der Waals surface area contributed by atoms with Gasteiger partial charge in [-0.15, -0.1) is 0 Å². The fourth-order valence-electron chi connectivity index (χ4n) is 4.13. The minimum atomic E-state index is -3.78. The summed E-state index contributed by atoms with van der Waals surface area (Å²) in [4.78, 5) is 5.88. The molecule has 0 bridgehead atoms. The quantitative estimate of drug-likeness (QED) is 0.372. The summed E-state index contributed by atoms with van der Waals surface area (Å²) in [5.41, 5.74) is 2.79. The Morgan fingerprint density at radius 1 is 1.06 bits per heavy atom. The van der Waals surface area contributed by atoms with Crippen molar-refractivity contribution >= 4 is 32.2 Å². The smallest absolute Gasteiger partial charge is 0.262 e. The standard InChI is InChI=1S/C24H29N3O3S2/c1-16-8-9-19(14-22(16)32(29,30)27-20-10-12-21(28)13-11-20)23-17(2)26-24(31-23)25-15-18-6-4-3-5-7-18/h8-14,18,27-28H,3-7,15H2,1-2H3,(H,25,26). The SMILES string of the molecule is Cc1ccc(-c2sc(NCC3CCCCC3)nc2C)cc1S(=O)(=O)Nc1ccc(O)cc1. The van der Waals surface area contributed by atoms with Gasteiger partial charge in [0.25, 0.3) is 10.0 Å². The second-order valence-corrected chi connectivity index (χ2v) is 11.1. The lowest BCUT2D eigenvalue weighted by molar-refractivity contribution is 0.373. The number of hydrogen-bond donors (Lipinski definition) is 3. The Hall–Kier alpha value is -2.58. The highest BCUT2D eigenvalue weighted by Crippen LogP contribution is 2.35. The molecular weight excluding hydrogens is 442 g/mol. The van der Waals surface area contributed by atoms with Gasteiger partial charge in [-0.25, -0.2) is 13.4 Å². The fraction of sp³-hybridized carbons (Fsp3) is 0.375. The molecular formula is C24H29N3O3S2. The van der Waals surface area contributed by atoms with E-state index in [1.54, 1.807) is 24.3 Å². The van der Waals surface area contributed by atoms with E-state index < -0.39 is 10.0 Å². The average Bonchev–Trinajstić information content (AvgIpc) is 3.15. The summed E-state index contributed by atoms with van der Waals surface area (Å²) >= 11 is 1.57. The Morgan fingerprint density at radius 2 is 1.78 bits per heavy atom. The number of anilines is 2. The Bertz CT molecular complexity index is 1180. The summed E-state index contributed by atoms with van der Waals surface area (Å²) in [7, 11) is -3.78. The van der Waals surface area contributed by atoms with Crippen molar-refractivity contribution in [1.29, 1.82) is 0 Å². The maximum Gasteiger partial charge on any atom is 0.262 e. The molecule has 1 aliphatic rings. The van der Waals surface area contributed by atoms with E-state index in [9.17, 15) is 13.5 Å². The summed E-state index contributed by atoms with van der Waals surface area (Å²) in [5, 5.41) is 13.8. The number of thiazole rings is 1. The first-order valence-electron chi connectivity index (χ1n) is 11.0. The van der Waals surface area contributed by atoms with Gasteiger partial charge in [0.15, 0.2) is 5.13 Å². The number of sulfonamides is 1. The van der Waals surface area contributed by atoms with Gasteiger partial charge in [-0.1, -0.05) is 42.7 Å². The zero-order chi connectivity index (χ0) is 22.7. The van der Waals surface area contributed by atoms with Gasteiger partial charge in [-0.3, -0.25) is 4.72 Å². The number of hydrogen-bond acceptors (Lipinski definition) is 6. The summed E-state index contributed by atoms with van der Waals surface area (Å²) in [6.07, 6.45) is 6.52. The lowest BCUT2D eigenvalue weighted by Gasteiger charge is -2.21. The van der Waals surface area contributed by atoms with Gasteiger partial charge in [0.1, 0.15) is 5.75 Å². The summed E-state index contributed by atoms with van der Waals surface area (Å²) in [6.45, 7) is 4.68. The first-order valence-corrected chi connectivity index (χ1v) is 13.3. The zero-order valence-corrected chi connectivity index (χ0v) is 20.0. The summed E-state index contributed by atoms with van der Waals surface area (Å²) in [5.74, 6) is 0.790. The predicted octanol–water partition coefficient (Wildman–Crippen LogP) is 5.93. The molecule has 1 aromatic heterocycles. The third-order valence-corrected chi connectivity index (χ3v) is 8.61. The van der Waals surface area contributed by atoms with Gasteiger partial charge in [-0.05, 0) is 74.1 Å². The highest BCUT2D eigenvalue weighted by molar-refractivity contribution is 7.92. The number of nitrogens with one attached hydrogen (secondary N) is 2. The summed E-state index contributed by atoms with van der Waals surface area (Å²) in [6, 6.07) is 11.4. The Balaban J connectivity index is 1.55. The van der Waals surface area contributed by atoms with Gasteiger partial charge in [-0.2, -0.15) is 0 Å². The number of rotatable bonds is 7. The van der Waals surface area contributed by atoms with Crippen molar-refractivity contribution in [2.75, 3.05) is 16.6 Å². The predicted molar refractivity (Wildman–Crippen MR) is 131 cm³/mol. The first kappa shape index (κ1) is 22.6. The van der Waals surface area contributed by atoms with Crippen molar-refractivity contribution in [2.45, 2.75) is 50.8 Å². The topological polar surface area (TPSA) is 91.3 Å². The number of phenols is 1. The highest BCUT2D eigenvalue weighted by atomic mass is 32.2. The third kappa shape index (κ3) is 5.24. The Morgan fingerprint density at radius 3 is 2.50 bits per heavy atom. The number of benzene rings is 2. The van der Waals surface area contributed by atoms with Crippen molar-refractivity contribution in [3.63, 3.8) is 0 Å². The molecule has 0 saturated heterocycles. The maximum absolute atomic E-state index is 13.1. The van der Waals surface area contributed by atoms with E-state index in [1.807, 2.05) is 19.1 Å². The molecule has 0 spiro atoms. The van der Waals surface area contributed by atoms with Crippen LogP contribution >= 0.6 is 11.3 Å². The van der Waals surface area contributed by atoms with Crippen LogP contribution in [0.4, 0.5) is 10.8 Å². The molecule has 8 heteroatoms. The number of aromatic hydroxyl groups is 1. The molecule has 4 rings (SSSR count). The Kier molecular flexibility index (Phi) is 6.71. The van der Waals surface area contributed by atoms with E-state index in [0.717, 1.165) is 27.8 Å². The second kappa shape index (κ2) is 9.50. The second-order valence-electron chi connectivity index (χ2n) is 8.45. The third-order valence-electron chi connectivity index (χ3n) is 5.92. The molecule has 6 nitrogen and oxygen atoms in total. The van der Waals surface area contributed by atoms with Gasteiger partial charge in [0, 0.05) is 12.2 Å². The van der Waals surface area contributed by atoms with E-state index in [0.29, 0.717) is 17.2 Å². The van der Waals surface area contributed by atoms with E-state index in [-0.39, 0.29) is 10.6 Å². The summed E-state index contributed by atoms with van der Waals surface area (Å²) < 4.78 is 28.7. The van der Waals surface area contributed by atoms with E-state index in [2.05, 4.69) is 15.0 Å². The molecule has 0 unspecified atom stereocenters. The number of aryl methyl sites for hydroxylation is 2. The van der Waals surface area contributed by atoms with Crippen LogP contribution in [0.1, 0.15) is 43.4 Å². The van der Waals surface area contributed by atoms with Gasteiger partial charge in [0.2, 0.25) is 0 Å². The normalized spacial score (nSPS) is 14.9. The van der Waals surface area contributed by atoms with Crippen molar-refractivity contribution in [1.82, 2.24) is 4.98 Å². The van der Waals surface area contributed by atoms with Gasteiger partial charge < -0.3 is 10.4 Å². The minimum Gasteiger partial charge on any atom is -0.508 e. The fourth-order valence-corrected chi connectivity index (χ4v) is 6.43. The molecule has 0 radical (unpaired) electrons. The van der Waals surface area contributed by atoms with Crippen LogP contribution in [0.2, 0.25) is 0 Å². The van der Waals surface area contributed by atoms with Crippen LogP contribution in [0.3, 0.4) is 0 Å². The molecule has 3 N–H and O–H groups in total. The molecule has 2 aromatic carbocycles. The van der Waals surface area contributed by atoms with Crippen LogP contribution in [-0.4, -0.2) is 25.1 Å². The molecule has 1 fully saturated rings. The van der Waals surface area contributed by atoms with Crippen molar-refractivity contribution in [2.24, 2.45) is 5.92 Å². The van der Waals surface area contributed by atoms with E-state index in [1.165, 1.54) is 56.4 Å². The molecule has 1 aliphatic carbocycles. The van der Waals surface area contributed by atoms with Gasteiger partial charge in [0.05, 0.1) is 15.5 Å². The first-order chi connectivity index (χ1) is 15.3. The minimum absolute atomic E-state index is 0.0831. The lowest BCUT2D eigenvalue weighted by Crippen LogP contribution is -2.16. The van der Waals surface area contributed by atoms with Crippen LogP contribution in [0.5, 0.6) is 5.75 Å². The molecule has 32 heavy (non-hydrogen) atoms. The molecule has 0 atom stereocenters. The van der Waals surface area contributed by atoms with Crippen LogP contribution in [0.25, 0.3) is 10.4 Å². The van der Waals surface area contributed by atoms with Gasteiger partial charge >= 0.3 is 0 Å². The maximum atomic E-state index is 13.1. The number of nitrogens with zero attached hydrogens (tertiary/aromatic N) is 1. The zero-order valence-electron chi connectivity index (χ0n) is 18.4. The van der Waals surface area contributed by atoms with Crippen molar-refractivity contribution < 1.29 is 13.5 Å². The largest absolute Gasteiger partial charge is 0.508 e. The molecule has 170 valence electrons. The van der Waals surface area contributed by atoms with E-state index >= 15 is 0 Å². The van der Waals surface area contributed by atoms with Crippen LogP contribution in [-0.2, 0) is 10.0 Å². The van der Waals surface area contributed by atoms with Crippen molar-refractivity contribution in [3.8, 4) is 16.2 Å². The number of aromatic nitrogens is 1. The molecule has 1 heterocycles. The number of phenolic OH excluding ortho intramolecular Hbond substituents is 1. The van der Waals surface area contributed by atoms with Crippen LogP contribution in [0, 0.1) is 19.8 Å². The molecule has 0 amide bonds. The molecule has 1 saturated carbocycles. The molecule has 3 aromatic rings. The van der Waals surface area contributed by atoms with Crippen LogP contribution < -0.4 is 10.0 Å². The molecule has 0 aliphatic heterocycles. The average molecular weight is 472 g/mol. The van der Waals surface area contributed by atoms with Crippen molar-refractivity contribution in [3.05, 3.63) is 53.7 Å². The highest BCUT2D eigenvalue weighted by Gasteiger charge is 2.20.